The lowest BCUT2D eigenvalue weighted by Crippen LogP contribution is -2.26. The van der Waals surface area contributed by atoms with Crippen molar-refractivity contribution in [1.82, 2.24) is 5.16 Å². The van der Waals surface area contributed by atoms with Gasteiger partial charge in [0, 0.05) is 11.6 Å². The Morgan fingerprint density at radius 3 is 2.46 bits per heavy atom. The predicted molar refractivity (Wildman–Crippen MR) is 92.6 cm³/mol. The fourth-order valence-electron chi connectivity index (χ4n) is 2.33. The zero-order chi connectivity index (χ0) is 18.5. The molecule has 0 radical (unpaired) electrons. The Kier molecular flexibility index (Phi) is 4.98. The lowest BCUT2D eigenvalue weighted by atomic mass is 10.1. The first kappa shape index (κ1) is 17.2. The van der Waals surface area contributed by atoms with Gasteiger partial charge in [-0.1, -0.05) is 47.6 Å². The van der Waals surface area contributed by atoms with E-state index in [1.807, 2.05) is 0 Å². The molecular weight excluding hydrogens is 336 g/mol. The van der Waals surface area contributed by atoms with Crippen molar-refractivity contribution in [2.75, 3.05) is 5.32 Å². The number of rotatable bonds is 5. The molecule has 0 fully saturated rings. The minimum atomic E-state index is -1.22. The summed E-state index contributed by atoms with van der Waals surface area (Å²) in [6.45, 7) is 1.69. The maximum Gasteiger partial charge on any atom is 0.343 e. The van der Waals surface area contributed by atoms with E-state index in [2.05, 4.69) is 10.5 Å². The van der Waals surface area contributed by atoms with E-state index in [0.717, 1.165) is 0 Å². The van der Waals surface area contributed by atoms with Gasteiger partial charge in [-0.05, 0) is 19.1 Å². The van der Waals surface area contributed by atoms with Gasteiger partial charge < -0.3 is 19.7 Å². The minimum Gasteiger partial charge on any atom is -0.507 e. The van der Waals surface area contributed by atoms with Crippen LogP contribution in [0.25, 0.3) is 0 Å². The fraction of sp³-hybridized carbons (Fsp3) is 0.105. The lowest BCUT2D eigenvalue weighted by molar-refractivity contribution is -0.125. The number of hydrogen-bond acceptors (Lipinski definition) is 6. The third-order valence-electron chi connectivity index (χ3n) is 3.57. The highest BCUT2D eigenvalue weighted by molar-refractivity contribution is 5.98. The second-order valence-electron chi connectivity index (χ2n) is 5.53. The molecule has 7 nitrogen and oxygen atoms in total. The molecule has 0 aliphatic rings. The van der Waals surface area contributed by atoms with E-state index in [1.54, 1.807) is 55.5 Å². The number of para-hydroxylation sites is 1. The van der Waals surface area contributed by atoms with Gasteiger partial charge in [-0.15, -0.1) is 0 Å². The summed E-state index contributed by atoms with van der Waals surface area (Å²) < 4.78 is 10.3. The number of carbonyl (C=O) groups excluding carboxylic acids is 2. The van der Waals surface area contributed by atoms with Gasteiger partial charge in [0.15, 0.2) is 5.82 Å². The summed E-state index contributed by atoms with van der Waals surface area (Å²) in [5.41, 5.74) is 0.451. The number of hydrogen-bond donors (Lipinski definition) is 2. The van der Waals surface area contributed by atoms with Crippen molar-refractivity contribution in [1.29, 1.82) is 0 Å². The van der Waals surface area contributed by atoms with Gasteiger partial charge >= 0.3 is 5.97 Å². The number of anilines is 1. The molecule has 132 valence electrons. The number of nitrogens with zero attached hydrogens (tertiary/aromatic N) is 1. The van der Waals surface area contributed by atoms with Crippen LogP contribution < -0.4 is 5.32 Å². The molecule has 1 heterocycles. The summed E-state index contributed by atoms with van der Waals surface area (Å²) in [7, 11) is 0. The molecule has 0 saturated heterocycles. The van der Waals surface area contributed by atoms with E-state index in [1.165, 1.54) is 12.1 Å². The normalized spacial score (nSPS) is 11.6. The second kappa shape index (κ2) is 7.52. The van der Waals surface area contributed by atoms with Gasteiger partial charge in [0.25, 0.3) is 5.91 Å². The predicted octanol–water partition coefficient (Wildman–Crippen LogP) is 3.23. The van der Waals surface area contributed by atoms with Crippen molar-refractivity contribution in [3.63, 3.8) is 0 Å². The van der Waals surface area contributed by atoms with E-state index in [9.17, 15) is 14.7 Å². The van der Waals surface area contributed by atoms with Crippen LogP contribution in [0.5, 0.6) is 5.75 Å². The summed E-state index contributed by atoms with van der Waals surface area (Å²) in [6.07, 6.45) is -1.22. The van der Waals surface area contributed by atoms with Crippen LogP contribution in [0, 0.1) is 6.92 Å². The highest BCUT2D eigenvalue weighted by Gasteiger charge is 2.27. The van der Waals surface area contributed by atoms with Gasteiger partial charge in [-0.25, -0.2) is 4.79 Å². The summed E-state index contributed by atoms with van der Waals surface area (Å²) in [4.78, 5) is 25.1. The molecule has 3 rings (SSSR count). The van der Waals surface area contributed by atoms with E-state index in [4.69, 9.17) is 9.26 Å². The molecule has 0 unspecified atom stereocenters. The number of carbonyl (C=O) groups is 2. The highest BCUT2D eigenvalue weighted by Crippen LogP contribution is 2.24. The Hall–Kier alpha value is -3.61. The first-order valence-electron chi connectivity index (χ1n) is 7.82. The molecule has 26 heavy (non-hydrogen) atoms. The minimum absolute atomic E-state index is 0.0292. The molecule has 7 heteroatoms. The molecule has 0 aliphatic heterocycles. The van der Waals surface area contributed by atoms with Crippen LogP contribution in [-0.2, 0) is 9.53 Å². The van der Waals surface area contributed by atoms with Crippen molar-refractivity contribution in [2.24, 2.45) is 0 Å². The van der Waals surface area contributed by atoms with Crippen molar-refractivity contribution < 1.29 is 24.0 Å². The van der Waals surface area contributed by atoms with Gasteiger partial charge in [-0.2, -0.15) is 0 Å². The van der Waals surface area contributed by atoms with Crippen LogP contribution in [0.2, 0.25) is 0 Å². The largest absolute Gasteiger partial charge is 0.507 e. The zero-order valence-electron chi connectivity index (χ0n) is 13.9. The van der Waals surface area contributed by atoms with Crippen LogP contribution in [0.4, 0.5) is 5.82 Å². The Balaban J connectivity index is 1.85. The Morgan fingerprint density at radius 1 is 1.12 bits per heavy atom. The van der Waals surface area contributed by atoms with E-state index in [0.29, 0.717) is 11.3 Å². The average molecular weight is 352 g/mol. The molecule has 0 saturated carbocycles. The maximum atomic E-state index is 12.6. The van der Waals surface area contributed by atoms with Crippen LogP contribution in [0.15, 0.2) is 65.2 Å². The van der Waals surface area contributed by atoms with Gasteiger partial charge in [0.2, 0.25) is 6.10 Å². The second-order valence-corrected chi connectivity index (χ2v) is 5.53. The van der Waals surface area contributed by atoms with Crippen molar-refractivity contribution in [3.8, 4) is 5.75 Å². The van der Waals surface area contributed by atoms with Crippen LogP contribution in [0.3, 0.4) is 0 Å². The smallest absolute Gasteiger partial charge is 0.343 e. The Morgan fingerprint density at radius 2 is 1.81 bits per heavy atom. The van der Waals surface area contributed by atoms with E-state index in [-0.39, 0.29) is 17.1 Å². The monoisotopic (exact) mass is 352 g/mol. The Bertz CT molecular complexity index is 920. The molecular formula is C19H16N2O5. The molecule has 2 N–H and O–H groups in total. The quantitative estimate of drug-likeness (QED) is 0.684. The van der Waals surface area contributed by atoms with Crippen molar-refractivity contribution >= 4 is 17.7 Å². The number of phenols is 1. The summed E-state index contributed by atoms with van der Waals surface area (Å²) in [6, 6.07) is 16.1. The molecule has 1 aromatic heterocycles. The van der Waals surface area contributed by atoms with Crippen LogP contribution >= 0.6 is 0 Å². The molecule has 2 aromatic carbocycles. The fourth-order valence-corrected chi connectivity index (χ4v) is 2.33. The number of nitrogens with one attached hydrogen (secondary N) is 1. The number of aromatic nitrogens is 1. The van der Waals surface area contributed by atoms with Crippen LogP contribution in [0.1, 0.15) is 27.8 Å². The number of ether oxygens (including phenoxy) is 1. The van der Waals surface area contributed by atoms with Gasteiger partial charge in [-0.3, -0.25) is 4.79 Å². The molecule has 1 amide bonds. The maximum absolute atomic E-state index is 12.6. The van der Waals surface area contributed by atoms with Crippen molar-refractivity contribution in [3.05, 3.63) is 77.6 Å². The van der Waals surface area contributed by atoms with E-state index >= 15 is 0 Å². The molecule has 0 aliphatic carbocycles. The number of aryl methyl sites for hydroxylation is 1. The number of amides is 1. The summed E-state index contributed by atoms with van der Waals surface area (Å²) in [5, 5.41) is 16.1. The van der Waals surface area contributed by atoms with E-state index < -0.39 is 18.0 Å². The molecule has 1 atom stereocenters. The Labute approximate surface area is 149 Å². The number of benzene rings is 2. The summed E-state index contributed by atoms with van der Waals surface area (Å²) in [5.74, 6) is -0.886. The van der Waals surface area contributed by atoms with Crippen molar-refractivity contribution in [2.45, 2.75) is 13.0 Å². The van der Waals surface area contributed by atoms with Gasteiger partial charge in [0.05, 0.1) is 0 Å². The topological polar surface area (TPSA) is 102 Å². The summed E-state index contributed by atoms with van der Waals surface area (Å²) >= 11 is 0. The lowest BCUT2D eigenvalue weighted by Gasteiger charge is -2.17. The first-order valence-corrected chi connectivity index (χ1v) is 7.82. The zero-order valence-corrected chi connectivity index (χ0v) is 13.9. The third kappa shape index (κ3) is 3.89. The third-order valence-corrected chi connectivity index (χ3v) is 3.57. The standard InChI is InChI=1S/C19H16N2O5/c1-12-11-16(21-26-12)20-18(23)17(13-7-3-2-4-8-13)25-19(24)14-9-5-6-10-15(14)22/h2-11,17,22H,1H3,(H,20,21,23)/t17-/m0/s1. The molecule has 0 bridgehead atoms. The SMILES string of the molecule is Cc1cc(NC(=O)[C@@H](OC(=O)c2ccccc2O)c2ccccc2)no1. The number of phenolic OH excluding ortho intramolecular Hbond substituents is 1. The number of aromatic hydroxyl groups is 1. The van der Waals surface area contributed by atoms with Gasteiger partial charge in [0.1, 0.15) is 17.1 Å². The number of esters is 1. The van der Waals surface area contributed by atoms with Crippen LogP contribution in [-0.4, -0.2) is 22.1 Å². The molecule has 3 aromatic rings. The average Bonchev–Trinajstić information content (AvgIpc) is 3.05. The molecule has 0 spiro atoms. The highest BCUT2D eigenvalue weighted by atomic mass is 16.5. The first-order chi connectivity index (χ1) is 12.5.